The Labute approximate surface area is 175 Å². The fourth-order valence-corrected chi connectivity index (χ4v) is 3.46. The van der Waals surface area contributed by atoms with E-state index in [1.165, 1.54) is 0 Å². The van der Waals surface area contributed by atoms with Gasteiger partial charge in [-0.2, -0.15) is 0 Å². The Morgan fingerprint density at radius 1 is 1.07 bits per heavy atom. The summed E-state index contributed by atoms with van der Waals surface area (Å²) in [6, 6.07) is 12.0. The zero-order chi connectivity index (χ0) is 20.1. The maximum Gasteiger partial charge on any atom is 0.253 e. The molecule has 1 saturated heterocycles. The Kier molecular flexibility index (Phi) is 6.81. The van der Waals surface area contributed by atoms with Crippen molar-refractivity contribution < 1.29 is 9.59 Å². The summed E-state index contributed by atoms with van der Waals surface area (Å²) in [4.78, 5) is 26.6. The zero-order valence-electron chi connectivity index (χ0n) is 15.7. The van der Waals surface area contributed by atoms with Crippen molar-refractivity contribution in [3.05, 3.63) is 58.1 Å². The van der Waals surface area contributed by atoms with Gasteiger partial charge in [0.25, 0.3) is 5.91 Å². The third kappa shape index (κ3) is 5.40. The topological polar surface area (TPSA) is 61.4 Å². The van der Waals surface area contributed by atoms with Gasteiger partial charge in [0.2, 0.25) is 5.91 Å². The van der Waals surface area contributed by atoms with Crippen LogP contribution < -0.4 is 10.6 Å². The van der Waals surface area contributed by atoms with E-state index in [1.54, 1.807) is 42.5 Å². The summed E-state index contributed by atoms with van der Waals surface area (Å²) in [5, 5.41) is 6.79. The van der Waals surface area contributed by atoms with Crippen molar-refractivity contribution in [3.63, 3.8) is 0 Å². The highest BCUT2D eigenvalue weighted by Crippen LogP contribution is 2.25. The number of hydrogen-bond acceptors (Lipinski definition) is 3. The van der Waals surface area contributed by atoms with Crippen LogP contribution in [0, 0.1) is 5.92 Å². The molecule has 1 heterocycles. The van der Waals surface area contributed by atoms with Gasteiger partial charge in [-0.05, 0) is 61.2 Å². The normalized spacial score (nSPS) is 14.6. The molecule has 2 amide bonds. The molecule has 28 heavy (non-hydrogen) atoms. The second-order valence-electron chi connectivity index (χ2n) is 7.08. The molecule has 0 aliphatic carbocycles. The number of rotatable bonds is 5. The monoisotopic (exact) mass is 419 g/mol. The molecule has 0 radical (unpaired) electrons. The summed E-state index contributed by atoms with van der Waals surface area (Å²) < 4.78 is 0. The molecule has 0 saturated carbocycles. The molecule has 0 unspecified atom stereocenters. The van der Waals surface area contributed by atoms with E-state index in [2.05, 4.69) is 17.6 Å². The minimum absolute atomic E-state index is 0.0436. The van der Waals surface area contributed by atoms with E-state index in [-0.39, 0.29) is 18.4 Å². The van der Waals surface area contributed by atoms with E-state index >= 15 is 0 Å². The van der Waals surface area contributed by atoms with Crippen LogP contribution in [0.3, 0.4) is 0 Å². The molecule has 0 aromatic heterocycles. The number of carbonyl (C=O) groups excluding carboxylic acids is 2. The predicted octanol–water partition coefficient (Wildman–Crippen LogP) is 4.92. The second kappa shape index (κ2) is 9.30. The lowest BCUT2D eigenvalue weighted by molar-refractivity contribution is -0.114. The van der Waals surface area contributed by atoms with Crippen molar-refractivity contribution in [1.82, 2.24) is 4.90 Å². The largest absolute Gasteiger partial charge is 0.375 e. The first-order valence-corrected chi connectivity index (χ1v) is 10.1. The van der Waals surface area contributed by atoms with Crippen LogP contribution in [-0.2, 0) is 4.79 Å². The molecule has 1 aliphatic heterocycles. The molecule has 148 valence electrons. The van der Waals surface area contributed by atoms with Gasteiger partial charge in [-0.25, -0.2) is 0 Å². The molecule has 2 N–H and O–H groups in total. The second-order valence-corrected chi connectivity index (χ2v) is 7.92. The summed E-state index contributed by atoms with van der Waals surface area (Å²) >= 11 is 12.0. The highest BCUT2D eigenvalue weighted by Gasteiger charge is 2.21. The van der Waals surface area contributed by atoms with Crippen LogP contribution in [0.5, 0.6) is 0 Å². The number of nitrogens with zero attached hydrogens (tertiary/aromatic N) is 1. The summed E-state index contributed by atoms with van der Waals surface area (Å²) in [5.74, 6) is 0.499. The quantitative estimate of drug-likeness (QED) is 0.722. The van der Waals surface area contributed by atoms with E-state index in [9.17, 15) is 9.59 Å². The van der Waals surface area contributed by atoms with Crippen LogP contribution in [0.25, 0.3) is 0 Å². The smallest absolute Gasteiger partial charge is 0.253 e. The van der Waals surface area contributed by atoms with Crippen molar-refractivity contribution in [2.45, 2.75) is 19.8 Å². The average Bonchev–Trinajstić information content (AvgIpc) is 2.69. The molecule has 1 fully saturated rings. The van der Waals surface area contributed by atoms with Crippen LogP contribution in [0.2, 0.25) is 10.0 Å². The van der Waals surface area contributed by atoms with E-state index < -0.39 is 0 Å². The van der Waals surface area contributed by atoms with E-state index in [1.807, 2.05) is 4.90 Å². The van der Waals surface area contributed by atoms with Crippen LogP contribution in [0.1, 0.15) is 30.1 Å². The fourth-order valence-electron chi connectivity index (χ4n) is 3.10. The van der Waals surface area contributed by atoms with Crippen molar-refractivity contribution in [3.8, 4) is 0 Å². The Morgan fingerprint density at radius 2 is 1.75 bits per heavy atom. The number of piperidine rings is 1. The lowest BCUT2D eigenvalue weighted by Gasteiger charge is -2.30. The molecule has 2 aromatic carbocycles. The van der Waals surface area contributed by atoms with Gasteiger partial charge in [0.15, 0.2) is 0 Å². The minimum Gasteiger partial charge on any atom is -0.375 e. The molecule has 1 aliphatic rings. The molecule has 2 aromatic rings. The molecule has 5 nitrogen and oxygen atoms in total. The SMILES string of the molecule is CC1CCN(C(=O)c2ccc(NC(=O)CNc3cc(Cl)ccc3Cl)cc2)CC1. The lowest BCUT2D eigenvalue weighted by atomic mass is 9.98. The van der Waals surface area contributed by atoms with E-state index in [4.69, 9.17) is 23.2 Å². The Bertz CT molecular complexity index is 847. The van der Waals surface area contributed by atoms with Crippen molar-refractivity contribution in [1.29, 1.82) is 0 Å². The number of hydrogen-bond donors (Lipinski definition) is 2. The molecule has 7 heteroatoms. The van der Waals surface area contributed by atoms with Gasteiger partial charge < -0.3 is 15.5 Å². The third-order valence-corrected chi connectivity index (χ3v) is 5.42. The number of carbonyl (C=O) groups is 2. The van der Waals surface area contributed by atoms with Gasteiger partial charge in [0.05, 0.1) is 17.3 Å². The summed E-state index contributed by atoms with van der Waals surface area (Å²) in [5.41, 5.74) is 1.87. The Balaban J connectivity index is 1.53. The summed E-state index contributed by atoms with van der Waals surface area (Å²) in [6.45, 7) is 3.87. The van der Waals surface area contributed by atoms with E-state index in [0.29, 0.717) is 32.9 Å². The van der Waals surface area contributed by atoms with Gasteiger partial charge in [0.1, 0.15) is 0 Å². The number of likely N-dealkylation sites (tertiary alicyclic amines) is 1. The molecule has 0 spiro atoms. The number of amides is 2. The molecular formula is C21H23Cl2N3O2. The van der Waals surface area contributed by atoms with Crippen LogP contribution in [0.15, 0.2) is 42.5 Å². The average molecular weight is 420 g/mol. The third-order valence-electron chi connectivity index (χ3n) is 4.85. The van der Waals surface area contributed by atoms with Crippen molar-refractivity contribution in [2.75, 3.05) is 30.3 Å². The fraction of sp³-hybridized carbons (Fsp3) is 0.333. The number of benzene rings is 2. The first-order valence-electron chi connectivity index (χ1n) is 9.30. The zero-order valence-corrected chi connectivity index (χ0v) is 17.2. The van der Waals surface area contributed by atoms with Gasteiger partial charge in [0, 0.05) is 29.4 Å². The Hall–Kier alpha value is -2.24. The highest BCUT2D eigenvalue weighted by molar-refractivity contribution is 6.35. The molecule has 3 rings (SSSR count). The Morgan fingerprint density at radius 3 is 2.43 bits per heavy atom. The van der Waals surface area contributed by atoms with Gasteiger partial charge in [-0.1, -0.05) is 30.1 Å². The lowest BCUT2D eigenvalue weighted by Crippen LogP contribution is -2.37. The standard InChI is InChI=1S/C21H23Cl2N3O2/c1-14-8-10-26(11-9-14)21(28)15-2-5-17(6-3-15)25-20(27)13-24-19-12-16(22)4-7-18(19)23/h2-7,12,14,24H,8-11,13H2,1H3,(H,25,27). The van der Waals surface area contributed by atoms with Gasteiger partial charge in [-0.15, -0.1) is 0 Å². The van der Waals surface area contributed by atoms with Crippen LogP contribution >= 0.6 is 23.2 Å². The first kappa shape index (κ1) is 20.5. The highest BCUT2D eigenvalue weighted by atomic mass is 35.5. The van der Waals surface area contributed by atoms with Crippen LogP contribution in [-0.4, -0.2) is 36.3 Å². The van der Waals surface area contributed by atoms with Crippen LogP contribution in [0.4, 0.5) is 11.4 Å². The molecule has 0 bridgehead atoms. The van der Waals surface area contributed by atoms with Crippen molar-refractivity contribution >= 4 is 46.4 Å². The summed E-state index contributed by atoms with van der Waals surface area (Å²) in [7, 11) is 0. The molecular weight excluding hydrogens is 397 g/mol. The summed E-state index contributed by atoms with van der Waals surface area (Å²) in [6.07, 6.45) is 2.09. The van der Waals surface area contributed by atoms with Gasteiger partial charge >= 0.3 is 0 Å². The van der Waals surface area contributed by atoms with Gasteiger partial charge in [-0.3, -0.25) is 9.59 Å². The maximum absolute atomic E-state index is 12.6. The molecule has 0 atom stereocenters. The predicted molar refractivity (Wildman–Crippen MR) is 114 cm³/mol. The van der Waals surface area contributed by atoms with Crippen molar-refractivity contribution in [2.24, 2.45) is 5.92 Å². The minimum atomic E-state index is -0.222. The number of nitrogens with one attached hydrogen (secondary N) is 2. The first-order chi connectivity index (χ1) is 13.4. The maximum atomic E-state index is 12.6. The number of anilines is 2. The number of halogens is 2. The van der Waals surface area contributed by atoms with E-state index in [0.717, 1.165) is 25.9 Å².